The van der Waals surface area contributed by atoms with E-state index in [9.17, 15) is 12.8 Å². The molecule has 2 aromatic carbocycles. The van der Waals surface area contributed by atoms with Crippen molar-refractivity contribution < 1.29 is 17.5 Å². The van der Waals surface area contributed by atoms with E-state index < -0.39 is 15.8 Å². The molecule has 0 N–H and O–H groups in total. The van der Waals surface area contributed by atoms with Crippen molar-refractivity contribution in [2.45, 2.75) is 4.90 Å². The Kier molecular flexibility index (Phi) is 6.52. The Morgan fingerprint density at radius 2 is 1.79 bits per heavy atom. The van der Waals surface area contributed by atoms with Crippen LogP contribution in [0.15, 0.2) is 47.4 Å². The lowest BCUT2D eigenvalue weighted by atomic mass is 10.2. The second-order valence-electron chi connectivity index (χ2n) is 6.31. The molecule has 0 bridgehead atoms. The first-order valence-electron chi connectivity index (χ1n) is 8.70. The molecule has 1 aliphatic rings. The van der Waals surface area contributed by atoms with Gasteiger partial charge in [-0.05, 0) is 42.5 Å². The molecule has 148 valence electrons. The summed E-state index contributed by atoms with van der Waals surface area (Å²) in [4.78, 5) is 2.12. The van der Waals surface area contributed by atoms with E-state index in [1.165, 1.54) is 10.4 Å². The molecule has 1 heterocycles. The fraction of sp³-hybridized carbons (Fsp3) is 0.316. The Balaban J connectivity index is 1.49. The molecule has 9 heteroatoms. The van der Waals surface area contributed by atoms with E-state index >= 15 is 0 Å². The van der Waals surface area contributed by atoms with Crippen molar-refractivity contribution in [1.29, 1.82) is 5.26 Å². The van der Waals surface area contributed by atoms with Crippen LogP contribution in [0, 0.1) is 17.1 Å². The lowest BCUT2D eigenvalue weighted by Crippen LogP contribution is -2.49. The van der Waals surface area contributed by atoms with Gasteiger partial charge in [-0.3, -0.25) is 4.90 Å². The molecule has 0 radical (unpaired) electrons. The third-order valence-corrected chi connectivity index (χ3v) is 6.70. The van der Waals surface area contributed by atoms with Gasteiger partial charge in [0.25, 0.3) is 0 Å². The minimum absolute atomic E-state index is 0.00324. The molecule has 1 aliphatic heterocycles. The Labute approximate surface area is 168 Å². The van der Waals surface area contributed by atoms with Gasteiger partial charge in [-0.15, -0.1) is 0 Å². The van der Waals surface area contributed by atoms with E-state index in [1.54, 1.807) is 24.3 Å². The molecule has 1 saturated heterocycles. The number of ether oxygens (including phenoxy) is 1. The van der Waals surface area contributed by atoms with E-state index in [4.69, 9.17) is 21.6 Å². The average molecular weight is 424 g/mol. The van der Waals surface area contributed by atoms with Gasteiger partial charge in [0.15, 0.2) is 0 Å². The molecule has 0 aliphatic carbocycles. The Bertz CT molecular complexity index is 969. The van der Waals surface area contributed by atoms with Gasteiger partial charge in [-0.1, -0.05) is 11.6 Å². The highest BCUT2D eigenvalue weighted by Gasteiger charge is 2.28. The summed E-state index contributed by atoms with van der Waals surface area (Å²) in [5.74, 6) is 0.0427. The van der Waals surface area contributed by atoms with Crippen LogP contribution < -0.4 is 4.74 Å². The number of halogens is 2. The number of hydrogen-bond donors (Lipinski definition) is 0. The van der Waals surface area contributed by atoms with Gasteiger partial charge in [-0.25, -0.2) is 12.8 Å². The smallest absolute Gasteiger partial charge is 0.243 e. The topological polar surface area (TPSA) is 73.6 Å². The predicted molar refractivity (Wildman–Crippen MR) is 103 cm³/mol. The molecule has 0 atom stereocenters. The van der Waals surface area contributed by atoms with Gasteiger partial charge in [0.1, 0.15) is 18.2 Å². The fourth-order valence-corrected chi connectivity index (χ4v) is 4.59. The average Bonchev–Trinajstić information content (AvgIpc) is 2.71. The molecule has 2 aromatic rings. The van der Waals surface area contributed by atoms with Crippen LogP contribution in [-0.2, 0) is 10.0 Å². The quantitative estimate of drug-likeness (QED) is 0.714. The first kappa shape index (κ1) is 20.6. The van der Waals surface area contributed by atoms with Crippen molar-refractivity contribution in [2.24, 2.45) is 0 Å². The zero-order valence-electron chi connectivity index (χ0n) is 15.0. The fourth-order valence-electron chi connectivity index (χ4n) is 2.90. The van der Waals surface area contributed by atoms with Gasteiger partial charge in [0.2, 0.25) is 10.0 Å². The maximum Gasteiger partial charge on any atom is 0.243 e. The number of piperazine rings is 1. The van der Waals surface area contributed by atoms with Crippen LogP contribution in [-0.4, -0.2) is 57.0 Å². The van der Waals surface area contributed by atoms with Gasteiger partial charge >= 0.3 is 0 Å². The lowest BCUT2D eigenvalue weighted by molar-refractivity contribution is 0.159. The SMILES string of the molecule is N#Cc1ccc(OCCN2CCN(S(=O)(=O)c3ccc(F)c(Cl)c3)CC2)cc1. The van der Waals surface area contributed by atoms with Crippen molar-refractivity contribution >= 4 is 21.6 Å². The zero-order valence-corrected chi connectivity index (χ0v) is 16.6. The summed E-state index contributed by atoms with van der Waals surface area (Å²) in [5, 5.41) is 8.58. The van der Waals surface area contributed by atoms with E-state index in [0.717, 1.165) is 12.1 Å². The van der Waals surface area contributed by atoms with Crippen LogP contribution in [0.25, 0.3) is 0 Å². The van der Waals surface area contributed by atoms with Crippen LogP contribution in [0.4, 0.5) is 4.39 Å². The van der Waals surface area contributed by atoms with Crippen molar-refractivity contribution in [3.05, 3.63) is 58.9 Å². The number of benzene rings is 2. The maximum atomic E-state index is 13.3. The first-order chi connectivity index (χ1) is 13.4. The number of nitrogens with zero attached hydrogens (tertiary/aromatic N) is 3. The molecule has 0 unspecified atom stereocenters. The van der Waals surface area contributed by atoms with E-state index in [1.807, 2.05) is 0 Å². The van der Waals surface area contributed by atoms with E-state index in [2.05, 4.69) is 11.0 Å². The van der Waals surface area contributed by atoms with Gasteiger partial charge in [0, 0.05) is 32.7 Å². The molecular formula is C19H19ClFN3O3S. The van der Waals surface area contributed by atoms with Crippen molar-refractivity contribution in [2.75, 3.05) is 39.3 Å². The van der Waals surface area contributed by atoms with Crippen molar-refractivity contribution in [1.82, 2.24) is 9.21 Å². The summed E-state index contributed by atoms with van der Waals surface area (Å²) in [6, 6.07) is 12.4. The number of hydrogen-bond acceptors (Lipinski definition) is 5. The zero-order chi connectivity index (χ0) is 20.1. The van der Waals surface area contributed by atoms with Crippen LogP contribution in [0.5, 0.6) is 5.75 Å². The second kappa shape index (κ2) is 8.88. The highest BCUT2D eigenvalue weighted by molar-refractivity contribution is 7.89. The molecule has 0 spiro atoms. The lowest BCUT2D eigenvalue weighted by Gasteiger charge is -2.33. The number of sulfonamides is 1. The predicted octanol–water partition coefficient (Wildman–Crippen LogP) is 2.74. The van der Waals surface area contributed by atoms with Crippen molar-refractivity contribution in [3.8, 4) is 11.8 Å². The molecular weight excluding hydrogens is 405 g/mol. The monoisotopic (exact) mass is 423 g/mol. The normalized spacial score (nSPS) is 15.9. The highest BCUT2D eigenvalue weighted by Crippen LogP contribution is 2.23. The van der Waals surface area contributed by atoms with Crippen LogP contribution in [0.3, 0.4) is 0 Å². The number of rotatable bonds is 6. The minimum atomic E-state index is -3.70. The Morgan fingerprint density at radius 1 is 1.11 bits per heavy atom. The van der Waals surface area contributed by atoms with Gasteiger partial charge < -0.3 is 4.74 Å². The summed E-state index contributed by atoms with van der Waals surface area (Å²) < 4.78 is 45.7. The second-order valence-corrected chi connectivity index (χ2v) is 8.65. The summed E-state index contributed by atoms with van der Waals surface area (Å²) >= 11 is 5.71. The van der Waals surface area contributed by atoms with Gasteiger partial charge in [-0.2, -0.15) is 9.57 Å². The minimum Gasteiger partial charge on any atom is -0.492 e. The molecule has 1 fully saturated rings. The van der Waals surface area contributed by atoms with E-state index in [0.29, 0.717) is 50.6 Å². The van der Waals surface area contributed by atoms with Crippen LogP contribution in [0.1, 0.15) is 5.56 Å². The molecule has 0 amide bonds. The van der Waals surface area contributed by atoms with Crippen LogP contribution >= 0.6 is 11.6 Å². The molecule has 0 aromatic heterocycles. The van der Waals surface area contributed by atoms with E-state index in [-0.39, 0.29) is 9.92 Å². The summed E-state index contributed by atoms with van der Waals surface area (Å²) in [6.07, 6.45) is 0. The molecule has 28 heavy (non-hydrogen) atoms. The molecule has 0 saturated carbocycles. The summed E-state index contributed by atoms with van der Waals surface area (Å²) in [5.41, 5.74) is 0.576. The maximum absolute atomic E-state index is 13.3. The molecule has 6 nitrogen and oxygen atoms in total. The highest BCUT2D eigenvalue weighted by atomic mass is 35.5. The van der Waals surface area contributed by atoms with Gasteiger partial charge in [0.05, 0.1) is 21.6 Å². The Hall–Kier alpha value is -2.18. The third-order valence-electron chi connectivity index (χ3n) is 4.52. The number of nitriles is 1. The summed E-state index contributed by atoms with van der Waals surface area (Å²) in [7, 11) is -3.70. The third kappa shape index (κ3) is 4.80. The van der Waals surface area contributed by atoms with Crippen molar-refractivity contribution in [3.63, 3.8) is 0 Å². The standard InChI is InChI=1S/C19H19ClFN3O3S/c20-18-13-17(5-6-19(18)21)28(25,26)24-9-7-23(8-10-24)11-12-27-16-3-1-15(14-22)2-4-16/h1-6,13H,7-12H2. The van der Waals surface area contributed by atoms with Crippen LogP contribution in [0.2, 0.25) is 5.02 Å². The first-order valence-corrected chi connectivity index (χ1v) is 10.5. The largest absolute Gasteiger partial charge is 0.492 e. The molecule has 3 rings (SSSR count). The summed E-state index contributed by atoms with van der Waals surface area (Å²) in [6.45, 7) is 2.96. The Morgan fingerprint density at radius 3 is 2.39 bits per heavy atom.